The van der Waals surface area contributed by atoms with Gasteiger partial charge in [-0.25, -0.2) is 9.59 Å². The summed E-state index contributed by atoms with van der Waals surface area (Å²) >= 11 is 0. The summed E-state index contributed by atoms with van der Waals surface area (Å²) in [7, 11) is 0. The van der Waals surface area contributed by atoms with Crippen LogP contribution < -0.4 is 5.32 Å². The zero-order valence-electron chi connectivity index (χ0n) is 14.6. The minimum Gasteiger partial charge on any atom is -0.478 e. The fourth-order valence-electron chi connectivity index (χ4n) is 3.53. The smallest absolute Gasteiger partial charge is 0.417 e. The quantitative estimate of drug-likeness (QED) is 0.685. The van der Waals surface area contributed by atoms with Crippen LogP contribution in [0.15, 0.2) is 46.6 Å². The second-order valence-electron chi connectivity index (χ2n) is 6.40. The molecule has 2 heterocycles. The SMILES string of the molecule is CC1C(c2ccc(C(F)(F)F)c3ccoc23)=CCNC1/C(=C\C(=O)O)C(=O)O. The minimum absolute atomic E-state index is 0.0488. The maximum atomic E-state index is 13.2. The van der Waals surface area contributed by atoms with Crippen LogP contribution in [-0.4, -0.2) is 34.7 Å². The fraction of sp³-hybridized carbons (Fsp3) is 0.263. The van der Waals surface area contributed by atoms with Gasteiger partial charge < -0.3 is 19.9 Å². The molecule has 0 spiro atoms. The average Bonchev–Trinajstić information content (AvgIpc) is 3.08. The summed E-state index contributed by atoms with van der Waals surface area (Å²) in [6.07, 6.45) is -1.03. The number of carboxylic acids is 2. The van der Waals surface area contributed by atoms with Gasteiger partial charge in [-0.3, -0.25) is 0 Å². The van der Waals surface area contributed by atoms with Gasteiger partial charge in [0.2, 0.25) is 0 Å². The van der Waals surface area contributed by atoms with Crippen molar-refractivity contribution in [1.29, 1.82) is 0 Å². The van der Waals surface area contributed by atoms with E-state index >= 15 is 0 Å². The standard InChI is InChI=1S/C19H16F3NO5/c1-9-10(4-6-23-16(9)13(18(26)27)8-15(24)25)11-2-3-14(19(20,21)22)12-5-7-28-17(11)12/h2-5,7-9,16,23H,6H2,1H3,(H,24,25)(H,26,27)/b13-8+. The Labute approximate surface area is 156 Å². The van der Waals surface area contributed by atoms with Gasteiger partial charge in [0.25, 0.3) is 0 Å². The van der Waals surface area contributed by atoms with E-state index in [4.69, 9.17) is 9.52 Å². The van der Waals surface area contributed by atoms with Crippen LogP contribution in [0.1, 0.15) is 18.1 Å². The van der Waals surface area contributed by atoms with Crippen molar-refractivity contribution >= 4 is 28.5 Å². The first kappa shape index (κ1) is 19.7. The molecule has 3 N–H and O–H groups in total. The van der Waals surface area contributed by atoms with Gasteiger partial charge in [0.05, 0.1) is 17.4 Å². The highest BCUT2D eigenvalue weighted by atomic mass is 19.4. The number of furan rings is 1. The van der Waals surface area contributed by atoms with Crippen LogP contribution in [0.4, 0.5) is 13.2 Å². The topological polar surface area (TPSA) is 99.8 Å². The van der Waals surface area contributed by atoms with Crippen molar-refractivity contribution in [2.75, 3.05) is 6.54 Å². The Bertz CT molecular complexity index is 1000. The lowest BCUT2D eigenvalue weighted by molar-refractivity contribution is -0.136. The average molecular weight is 395 g/mol. The number of nitrogens with one attached hydrogen (secondary N) is 1. The van der Waals surface area contributed by atoms with Crippen LogP contribution in [0.3, 0.4) is 0 Å². The highest BCUT2D eigenvalue weighted by Gasteiger charge is 2.36. The van der Waals surface area contributed by atoms with Crippen LogP contribution in [0.25, 0.3) is 16.5 Å². The molecule has 9 heteroatoms. The Kier molecular flexibility index (Phi) is 5.03. The maximum Gasteiger partial charge on any atom is 0.417 e. The Morgan fingerprint density at radius 2 is 1.96 bits per heavy atom. The third-order valence-corrected chi connectivity index (χ3v) is 4.74. The molecule has 0 radical (unpaired) electrons. The van der Waals surface area contributed by atoms with Gasteiger partial charge in [-0.1, -0.05) is 19.1 Å². The van der Waals surface area contributed by atoms with Crippen LogP contribution in [0, 0.1) is 5.92 Å². The van der Waals surface area contributed by atoms with Gasteiger partial charge in [0.15, 0.2) is 0 Å². The lowest BCUT2D eigenvalue weighted by Crippen LogP contribution is -2.43. The molecule has 148 valence electrons. The van der Waals surface area contributed by atoms with Crippen LogP contribution in [0.5, 0.6) is 0 Å². The molecule has 28 heavy (non-hydrogen) atoms. The number of benzene rings is 1. The Morgan fingerprint density at radius 1 is 1.25 bits per heavy atom. The maximum absolute atomic E-state index is 13.2. The summed E-state index contributed by atoms with van der Waals surface area (Å²) in [6, 6.07) is 2.66. The molecule has 0 fully saturated rings. The summed E-state index contributed by atoms with van der Waals surface area (Å²) in [5.41, 5.74) is -0.126. The van der Waals surface area contributed by atoms with E-state index in [0.29, 0.717) is 17.2 Å². The molecule has 2 atom stereocenters. The lowest BCUT2D eigenvalue weighted by atomic mass is 9.81. The van der Waals surface area contributed by atoms with E-state index in [1.165, 1.54) is 18.4 Å². The van der Waals surface area contributed by atoms with Gasteiger partial charge in [-0.15, -0.1) is 0 Å². The minimum atomic E-state index is -4.54. The summed E-state index contributed by atoms with van der Waals surface area (Å²) < 4.78 is 45.0. The molecular formula is C19H16F3NO5. The van der Waals surface area contributed by atoms with Gasteiger partial charge in [-0.05, 0) is 17.7 Å². The Balaban J connectivity index is 2.08. The van der Waals surface area contributed by atoms with E-state index in [0.717, 1.165) is 6.07 Å². The molecule has 0 saturated heterocycles. The van der Waals surface area contributed by atoms with Crippen molar-refractivity contribution in [3.05, 3.63) is 53.3 Å². The van der Waals surface area contributed by atoms with E-state index in [2.05, 4.69) is 5.32 Å². The normalized spacial score (nSPS) is 20.9. The molecule has 1 aliphatic heterocycles. The van der Waals surface area contributed by atoms with E-state index in [1.54, 1.807) is 13.0 Å². The number of aliphatic carboxylic acids is 2. The fourth-order valence-corrected chi connectivity index (χ4v) is 3.53. The number of hydrogen-bond donors (Lipinski definition) is 3. The number of hydrogen-bond acceptors (Lipinski definition) is 4. The third kappa shape index (κ3) is 3.53. The first-order valence-electron chi connectivity index (χ1n) is 8.30. The summed E-state index contributed by atoms with van der Waals surface area (Å²) in [5.74, 6) is -3.31. The van der Waals surface area contributed by atoms with Gasteiger partial charge in [-0.2, -0.15) is 13.2 Å². The van der Waals surface area contributed by atoms with E-state index in [-0.39, 0.29) is 23.1 Å². The highest BCUT2D eigenvalue weighted by molar-refractivity contribution is 5.97. The molecule has 6 nitrogen and oxygen atoms in total. The largest absolute Gasteiger partial charge is 0.478 e. The summed E-state index contributed by atoms with van der Waals surface area (Å²) in [5, 5.41) is 21.2. The van der Waals surface area contributed by atoms with E-state index in [1.807, 2.05) is 0 Å². The number of carboxylic acid groups (broad SMARTS) is 2. The molecule has 2 aromatic rings. The monoisotopic (exact) mass is 395 g/mol. The first-order chi connectivity index (χ1) is 13.1. The van der Waals surface area contributed by atoms with Crippen molar-refractivity contribution < 1.29 is 37.4 Å². The zero-order chi connectivity index (χ0) is 20.6. The number of alkyl halides is 3. The molecular weight excluding hydrogens is 379 g/mol. The number of carbonyl (C=O) groups is 2. The van der Waals surface area contributed by atoms with Gasteiger partial charge in [0.1, 0.15) is 5.58 Å². The molecule has 0 aliphatic carbocycles. The number of rotatable bonds is 4. The van der Waals surface area contributed by atoms with E-state index in [9.17, 15) is 27.9 Å². The lowest BCUT2D eigenvalue weighted by Gasteiger charge is -2.32. The van der Waals surface area contributed by atoms with Crippen molar-refractivity contribution in [1.82, 2.24) is 5.32 Å². The Hall–Kier alpha value is -3.07. The van der Waals surface area contributed by atoms with Crippen LogP contribution in [-0.2, 0) is 15.8 Å². The number of fused-ring (bicyclic) bond motifs is 1. The highest BCUT2D eigenvalue weighted by Crippen LogP contribution is 2.40. The Morgan fingerprint density at radius 3 is 2.57 bits per heavy atom. The van der Waals surface area contributed by atoms with Crippen LogP contribution in [0.2, 0.25) is 0 Å². The molecule has 3 rings (SSSR count). The van der Waals surface area contributed by atoms with E-state index < -0.39 is 35.6 Å². The molecule has 0 bridgehead atoms. The molecule has 1 aromatic heterocycles. The molecule has 0 saturated carbocycles. The summed E-state index contributed by atoms with van der Waals surface area (Å²) in [4.78, 5) is 22.5. The molecule has 2 unspecified atom stereocenters. The van der Waals surface area contributed by atoms with Crippen molar-refractivity contribution in [2.24, 2.45) is 5.92 Å². The predicted molar refractivity (Wildman–Crippen MR) is 93.5 cm³/mol. The second kappa shape index (κ2) is 7.16. The van der Waals surface area contributed by atoms with Gasteiger partial charge >= 0.3 is 18.1 Å². The van der Waals surface area contributed by atoms with Crippen LogP contribution >= 0.6 is 0 Å². The van der Waals surface area contributed by atoms with Crippen molar-refractivity contribution in [2.45, 2.75) is 19.1 Å². The second-order valence-corrected chi connectivity index (χ2v) is 6.40. The molecule has 1 aliphatic rings. The van der Waals surface area contributed by atoms with Gasteiger partial charge in [0, 0.05) is 35.5 Å². The molecule has 0 amide bonds. The van der Waals surface area contributed by atoms with Crippen molar-refractivity contribution in [3.8, 4) is 0 Å². The zero-order valence-corrected chi connectivity index (χ0v) is 14.6. The van der Waals surface area contributed by atoms with Crippen molar-refractivity contribution in [3.63, 3.8) is 0 Å². The predicted octanol–water partition coefficient (Wildman–Crippen LogP) is 3.54. The molecule has 1 aromatic carbocycles. The third-order valence-electron chi connectivity index (χ3n) is 4.74. The number of halogens is 3. The first-order valence-corrected chi connectivity index (χ1v) is 8.30. The summed E-state index contributed by atoms with van der Waals surface area (Å²) in [6.45, 7) is 1.89.